The zero-order valence-corrected chi connectivity index (χ0v) is 23.5. The van der Waals surface area contributed by atoms with Crippen LogP contribution >= 0.6 is 22.9 Å². The van der Waals surface area contributed by atoms with E-state index in [0.29, 0.717) is 49.4 Å². The van der Waals surface area contributed by atoms with Gasteiger partial charge in [-0.3, -0.25) is 19.3 Å². The third-order valence-electron chi connectivity index (χ3n) is 7.16. The van der Waals surface area contributed by atoms with Crippen molar-refractivity contribution >= 4 is 45.7 Å². The van der Waals surface area contributed by atoms with Gasteiger partial charge < -0.3 is 0 Å². The Balaban J connectivity index is 1.28. The number of hydrogen-bond acceptors (Lipinski definition) is 7. The third-order valence-corrected chi connectivity index (χ3v) is 8.37. The molecule has 0 saturated heterocycles. The van der Waals surface area contributed by atoms with E-state index in [1.165, 1.54) is 20.8 Å². The van der Waals surface area contributed by atoms with Gasteiger partial charge in [-0.2, -0.15) is 0 Å². The molecule has 0 N–H and O–H groups in total. The number of aromatic nitrogens is 4. The van der Waals surface area contributed by atoms with Crippen molar-refractivity contribution < 1.29 is 9.59 Å². The zero-order valence-electron chi connectivity index (χ0n) is 21.9. The number of hydrogen-bond donors (Lipinski definition) is 0. The van der Waals surface area contributed by atoms with Gasteiger partial charge in [0.05, 0.1) is 22.0 Å². The number of carbonyl (C=O) groups excluding carboxylic acids is 2. The maximum atomic E-state index is 14.1. The minimum absolute atomic E-state index is 0.197. The maximum absolute atomic E-state index is 14.1. The van der Waals surface area contributed by atoms with Crippen LogP contribution in [-0.4, -0.2) is 43.0 Å². The summed E-state index contributed by atoms with van der Waals surface area (Å²) < 4.78 is 1.49. The lowest BCUT2D eigenvalue weighted by Gasteiger charge is -2.14. The molecule has 42 heavy (non-hydrogen) atoms. The van der Waals surface area contributed by atoms with Crippen LogP contribution in [0.3, 0.4) is 0 Å². The summed E-state index contributed by atoms with van der Waals surface area (Å²) >= 11 is 7.33. The molecule has 10 heteroatoms. The summed E-state index contributed by atoms with van der Waals surface area (Å²) in [6.07, 6.45) is 0.390. The van der Waals surface area contributed by atoms with Crippen molar-refractivity contribution in [3.63, 3.8) is 0 Å². The molecule has 8 nitrogen and oxygen atoms in total. The van der Waals surface area contributed by atoms with Gasteiger partial charge in [-0.05, 0) is 48.4 Å². The Morgan fingerprint density at radius 1 is 0.738 bits per heavy atom. The van der Waals surface area contributed by atoms with E-state index < -0.39 is 0 Å². The van der Waals surface area contributed by atoms with Crippen LogP contribution in [0.2, 0.25) is 5.02 Å². The molecule has 1 aliphatic rings. The third kappa shape index (κ3) is 4.49. The molecule has 7 rings (SSSR count). The van der Waals surface area contributed by atoms with Crippen LogP contribution in [0.1, 0.15) is 26.3 Å². The number of benzene rings is 4. The van der Waals surface area contributed by atoms with Gasteiger partial charge in [0.1, 0.15) is 10.8 Å². The highest BCUT2D eigenvalue weighted by molar-refractivity contribution is 7.17. The SMILES string of the molecule is O=C1c2ccccc2C(=O)N1CCc1ccc2nc(-c3ccccc3)n(-c3nnc(-c4ccc(Cl)cc4)s3)c(=O)c2c1. The second-order valence-corrected chi connectivity index (χ2v) is 11.1. The minimum atomic E-state index is -0.305. The van der Waals surface area contributed by atoms with E-state index in [1.807, 2.05) is 48.5 Å². The van der Waals surface area contributed by atoms with Crippen molar-refractivity contribution in [1.29, 1.82) is 0 Å². The Morgan fingerprint density at radius 3 is 2.14 bits per heavy atom. The number of amides is 2. The van der Waals surface area contributed by atoms with E-state index in [0.717, 1.165) is 16.7 Å². The monoisotopic (exact) mass is 589 g/mol. The molecule has 1 aliphatic heterocycles. The lowest BCUT2D eigenvalue weighted by molar-refractivity contribution is 0.0656. The summed E-state index contributed by atoms with van der Waals surface area (Å²) in [4.78, 5) is 45.9. The maximum Gasteiger partial charge on any atom is 0.268 e. The quantitative estimate of drug-likeness (QED) is 0.219. The lowest BCUT2D eigenvalue weighted by Crippen LogP contribution is -2.31. The number of carbonyl (C=O) groups is 2. The van der Waals surface area contributed by atoms with E-state index in [-0.39, 0.29) is 23.9 Å². The number of fused-ring (bicyclic) bond motifs is 2. The normalized spacial score (nSPS) is 12.7. The number of nitrogens with zero attached hydrogens (tertiary/aromatic N) is 5. The van der Waals surface area contributed by atoms with Crippen LogP contribution in [0.5, 0.6) is 0 Å². The Labute approximate surface area is 248 Å². The summed E-state index contributed by atoms with van der Waals surface area (Å²) in [5.41, 5.74) is 3.46. The summed E-state index contributed by atoms with van der Waals surface area (Å²) in [5, 5.41) is 10.7. The molecule has 0 fully saturated rings. The summed E-state index contributed by atoms with van der Waals surface area (Å²) in [6, 6.07) is 29.0. The molecule has 4 aromatic carbocycles. The second kappa shape index (κ2) is 10.4. The molecule has 0 radical (unpaired) electrons. The van der Waals surface area contributed by atoms with E-state index in [1.54, 1.807) is 48.5 Å². The van der Waals surface area contributed by atoms with Crippen LogP contribution < -0.4 is 5.56 Å². The summed E-state index contributed by atoms with van der Waals surface area (Å²) in [5.74, 6) is -0.160. The topological polar surface area (TPSA) is 98.1 Å². The van der Waals surface area contributed by atoms with Gasteiger partial charge in [0.15, 0.2) is 0 Å². The molecular formula is C32H20ClN5O3S. The van der Waals surface area contributed by atoms with Crippen LogP contribution in [-0.2, 0) is 6.42 Å². The van der Waals surface area contributed by atoms with Crippen LogP contribution in [0.4, 0.5) is 0 Å². The van der Waals surface area contributed by atoms with Crippen molar-refractivity contribution in [2.75, 3.05) is 6.54 Å². The van der Waals surface area contributed by atoms with Gasteiger partial charge in [-0.1, -0.05) is 83.6 Å². The zero-order chi connectivity index (χ0) is 28.8. The molecule has 0 atom stereocenters. The molecule has 6 aromatic rings. The average molecular weight is 590 g/mol. The van der Waals surface area contributed by atoms with Gasteiger partial charge in [0.25, 0.3) is 17.4 Å². The van der Waals surface area contributed by atoms with Crippen molar-refractivity contribution in [2.24, 2.45) is 0 Å². The van der Waals surface area contributed by atoms with Crippen molar-refractivity contribution in [2.45, 2.75) is 6.42 Å². The Morgan fingerprint density at radius 2 is 1.43 bits per heavy atom. The van der Waals surface area contributed by atoms with Crippen LogP contribution in [0.25, 0.3) is 38.0 Å². The van der Waals surface area contributed by atoms with E-state index in [4.69, 9.17) is 16.6 Å². The number of imide groups is 1. The number of rotatable bonds is 6. The molecule has 0 saturated carbocycles. The Hall–Kier alpha value is -4.99. The van der Waals surface area contributed by atoms with Gasteiger partial charge >= 0.3 is 0 Å². The fraction of sp³-hybridized carbons (Fsp3) is 0.0625. The van der Waals surface area contributed by atoms with Gasteiger partial charge in [-0.25, -0.2) is 9.55 Å². The first kappa shape index (κ1) is 25.9. The molecule has 3 heterocycles. The van der Waals surface area contributed by atoms with Crippen molar-refractivity contribution in [3.8, 4) is 27.1 Å². The highest BCUT2D eigenvalue weighted by Crippen LogP contribution is 2.29. The smallest absolute Gasteiger partial charge is 0.268 e. The second-order valence-electron chi connectivity index (χ2n) is 9.75. The van der Waals surface area contributed by atoms with Gasteiger partial charge in [0, 0.05) is 22.7 Å². The summed E-state index contributed by atoms with van der Waals surface area (Å²) in [7, 11) is 0. The first-order chi connectivity index (χ1) is 20.5. The molecule has 2 amide bonds. The van der Waals surface area contributed by atoms with E-state index in [2.05, 4.69) is 10.2 Å². The van der Waals surface area contributed by atoms with E-state index >= 15 is 0 Å². The largest absolute Gasteiger partial charge is 0.274 e. The van der Waals surface area contributed by atoms with Crippen LogP contribution in [0, 0.1) is 0 Å². The number of halogens is 1. The fourth-order valence-electron chi connectivity index (χ4n) is 5.04. The van der Waals surface area contributed by atoms with Crippen molar-refractivity contribution in [3.05, 3.63) is 129 Å². The minimum Gasteiger partial charge on any atom is -0.274 e. The molecule has 0 unspecified atom stereocenters. The molecule has 2 aromatic heterocycles. The predicted octanol–water partition coefficient (Wildman–Crippen LogP) is 6.06. The van der Waals surface area contributed by atoms with Gasteiger partial charge in [-0.15, -0.1) is 10.2 Å². The fourth-order valence-corrected chi connectivity index (χ4v) is 6.02. The molecule has 204 valence electrons. The highest BCUT2D eigenvalue weighted by atomic mass is 35.5. The predicted molar refractivity (Wildman–Crippen MR) is 162 cm³/mol. The molecule has 0 spiro atoms. The Kier molecular flexibility index (Phi) is 6.45. The summed E-state index contributed by atoms with van der Waals surface area (Å²) in [6.45, 7) is 0.197. The van der Waals surface area contributed by atoms with Crippen LogP contribution in [0.15, 0.2) is 102 Å². The Bertz CT molecular complexity index is 2040. The first-order valence-corrected chi connectivity index (χ1v) is 14.3. The van der Waals surface area contributed by atoms with Crippen molar-refractivity contribution in [1.82, 2.24) is 24.6 Å². The first-order valence-electron chi connectivity index (χ1n) is 13.1. The lowest BCUT2D eigenvalue weighted by atomic mass is 10.1. The van der Waals surface area contributed by atoms with E-state index in [9.17, 15) is 14.4 Å². The van der Waals surface area contributed by atoms with Gasteiger partial charge in [0.2, 0.25) is 5.13 Å². The molecule has 0 bridgehead atoms. The highest BCUT2D eigenvalue weighted by Gasteiger charge is 2.34. The standard InChI is InChI=1S/C32H20ClN5O3S/c33-22-13-11-21(12-14-22)28-35-36-32(42-28)38-27(20-6-2-1-3-7-20)34-26-15-10-19(18-25(26)31(38)41)16-17-37-29(39)23-8-4-5-9-24(23)30(37)40/h1-15,18H,16-17H2. The molecular weight excluding hydrogens is 570 g/mol. The average Bonchev–Trinajstić information content (AvgIpc) is 3.60. The molecule has 0 aliphatic carbocycles.